The monoisotopic (exact) mass is 218 g/mol. The van der Waals surface area contributed by atoms with Gasteiger partial charge in [0.25, 0.3) is 0 Å². The van der Waals surface area contributed by atoms with E-state index in [0.717, 1.165) is 5.69 Å². The average molecular weight is 218 g/mol. The summed E-state index contributed by atoms with van der Waals surface area (Å²) in [7, 11) is 0. The summed E-state index contributed by atoms with van der Waals surface area (Å²) < 4.78 is 18.2. The molecule has 82 valence electrons. The molecule has 0 aliphatic carbocycles. The molecular formula is C12H11FN2O. The lowest BCUT2D eigenvalue weighted by Gasteiger charge is -2.07. The lowest BCUT2D eigenvalue weighted by molar-refractivity contribution is 0.462. The highest BCUT2D eigenvalue weighted by molar-refractivity contribution is 5.53. The fourth-order valence-electron chi connectivity index (χ4n) is 1.30. The molecule has 0 saturated heterocycles. The van der Waals surface area contributed by atoms with Crippen LogP contribution in [0.15, 0.2) is 36.4 Å². The third-order valence-electron chi connectivity index (χ3n) is 2.05. The Morgan fingerprint density at radius 1 is 1.25 bits per heavy atom. The molecule has 0 unspecified atom stereocenters. The summed E-state index contributed by atoms with van der Waals surface area (Å²) in [6.07, 6.45) is 0. The zero-order valence-electron chi connectivity index (χ0n) is 8.77. The van der Waals surface area contributed by atoms with E-state index in [1.807, 2.05) is 19.1 Å². The molecule has 1 aromatic carbocycles. The van der Waals surface area contributed by atoms with Gasteiger partial charge in [0.2, 0.25) is 5.88 Å². The molecule has 1 aromatic heterocycles. The number of aryl methyl sites for hydroxylation is 1. The number of nitrogens with zero attached hydrogens (tertiary/aromatic N) is 1. The molecule has 0 saturated carbocycles. The molecule has 0 aliphatic rings. The number of nitrogen functional groups attached to an aromatic ring is 1. The van der Waals surface area contributed by atoms with Gasteiger partial charge in [-0.25, -0.2) is 9.37 Å². The van der Waals surface area contributed by atoms with Crippen LogP contribution in [-0.4, -0.2) is 4.98 Å². The number of benzene rings is 1. The van der Waals surface area contributed by atoms with Crippen molar-refractivity contribution in [2.75, 3.05) is 5.73 Å². The molecule has 0 fully saturated rings. The van der Waals surface area contributed by atoms with Crippen LogP contribution in [0, 0.1) is 12.7 Å². The first kappa shape index (κ1) is 10.4. The van der Waals surface area contributed by atoms with Crippen LogP contribution in [0.5, 0.6) is 11.6 Å². The van der Waals surface area contributed by atoms with Crippen LogP contribution in [0.4, 0.5) is 10.1 Å². The maximum atomic E-state index is 12.8. The highest BCUT2D eigenvalue weighted by Gasteiger charge is 2.04. The zero-order chi connectivity index (χ0) is 11.5. The second-order valence-corrected chi connectivity index (χ2v) is 3.40. The minimum atomic E-state index is -0.387. The van der Waals surface area contributed by atoms with Crippen molar-refractivity contribution in [1.82, 2.24) is 4.98 Å². The minimum Gasteiger partial charge on any atom is -0.437 e. The Labute approximate surface area is 92.7 Å². The Morgan fingerprint density at radius 2 is 2.06 bits per heavy atom. The first-order valence-electron chi connectivity index (χ1n) is 4.82. The molecule has 0 radical (unpaired) electrons. The molecule has 4 heteroatoms. The Morgan fingerprint density at radius 3 is 2.75 bits per heavy atom. The summed E-state index contributed by atoms with van der Waals surface area (Å²) in [4.78, 5) is 4.16. The van der Waals surface area contributed by atoms with Gasteiger partial charge in [-0.05, 0) is 25.1 Å². The van der Waals surface area contributed by atoms with Crippen molar-refractivity contribution in [3.05, 3.63) is 47.9 Å². The topological polar surface area (TPSA) is 48.1 Å². The predicted octanol–water partition coefficient (Wildman–Crippen LogP) is 2.90. The normalized spacial score (nSPS) is 10.1. The molecule has 0 amide bonds. The highest BCUT2D eigenvalue weighted by atomic mass is 19.1. The van der Waals surface area contributed by atoms with Crippen LogP contribution >= 0.6 is 0 Å². The van der Waals surface area contributed by atoms with Gasteiger partial charge in [0.05, 0.1) is 5.69 Å². The summed E-state index contributed by atoms with van der Waals surface area (Å²) in [5.74, 6) is 0.458. The number of nitrogens with two attached hydrogens (primary N) is 1. The number of anilines is 1. The SMILES string of the molecule is Cc1cccc(Oc2ccc(F)cc2N)n1. The number of pyridine rings is 1. The van der Waals surface area contributed by atoms with E-state index in [9.17, 15) is 4.39 Å². The van der Waals surface area contributed by atoms with E-state index < -0.39 is 0 Å². The molecule has 3 nitrogen and oxygen atoms in total. The van der Waals surface area contributed by atoms with Crippen LogP contribution in [-0.2, 0) is 0 Å². The molecule has 2 N–H and O–H groups in total. The molecule has 0 aliphatic heterocycles. The second-order valence-electron chi connectivity index (χ2n) is 3.40. The maximum absolute atomic E-state index is 12.8. The van der Waals surface area contributed by atoms with Crippen molar-refractivity contribution in [3.63, 3.8) is 0 Å². The first-order chi connectivity index (χ1) is 7.65. The maximum Gasteiger partial charge on any atom is 0.219 e. The third kappa shape index (κ3) is 2.28. The van der Waals surface area contributed by atoms with Gasteiger partial charge < -0.3 is 10.5 Å². The quantitative estimate of drug-likeness (QED) is 0.788. The Kier molecular flexibility index (Phi) is 2.72. The van der Waals surface area contributed by atoms with Gasteiger partial charge in [0, 0.05) is 17.8 Å². The molecule has 1 heterocycles. The summed E-state index contributed by atoms with van der Waals surface area (Å²) in [6.45, 7) is 1.86. The van der Waals surface area contributed by atoms with E-state index >= 15 is 0 Å². The number of hydrogen-bond acceptors (Lipinski definition) is 3. The molecule has 0 bridgehead atoms. The Bertz CT molecular complexity index is 514. The van der Waals surface area contributed by atoms with Crippen molar-refractivity contribution in [2.24, 2.45) is 0 Å². The van der Waals surface area contributed by atoms with E-state index in [-0.39, 0.29) is 11.5 Å². The van der Waals surface area contributed by atoms with E-state index in [0.29, 0.717) is 11.6 Å². The molecule has 16 heavy (non-hydrogen) atoms. The number of hydrogen-bond donors (Lipinski definition) is 1. The lowest BCUT2D eigenvalue weighted by atomic mass is 10.3. The first-order valence-corrected chi connectivity index (χ1v) is 4.82. The Balaban J connectivity index is 2.27. The number of ether oxygens (including phenoxy) is 1. The molecule has 0 atom stereocenters. The van der Waals surface area contributed by atoms with Gasteiger partial charge in [0.15, 0.2) is 5.75 Å². The molecule has 2 rings (SSSR count). The number of halogens is 1. The van der Waals surface area contributed by atoms with Gasteiger partial charge in [-0.1, -0.05) is 6.07 Å². The lowest BCUT2D eigenvalue weighted by Crippen LogP contribution is -1.94. The van der Waals surface area contributed by atoms with Gasteiger partial charge >= 0.3 is 0 Å². The van der Waals surface area contributed by atoms with Gasteiger partial charge in [-0.2, -0.15) is 0 Å². The standard InChI is InChI=1S/C12H11FN2O/c1-8-3-2-4-12(15-8)16-11-6-5-9(13)7-10(11)14/h2-7H,14H2,1H3. The van der Waals surface area contributed by atoms with E-state index in [4.69, 9.17) is 10.5 Å². The van der Waals surface area contributed by atoms with Crippen LogP contribution in [0.3, 0.4) is 0 Å². The van der Waals surface area contributed by atoms with E-state index in [1.165, 1.54) is 18.2 Å². The van der Waals surface area contributed by atoms with E-state index in [2.05, 4.69) is 4.98 Å². The minimum absolute atomic E-state index is 0.253. The van der Waals surface area contributed by atoms with Crippen molar-refractivity contribution < 1.29 is 9.13 Å². The summed E-state index contributed by atoms with van der Waals surface area (Å²) in [5, 5.41) is 0. The zero-order valence-corrected chi connectivity index (χ0v) is 8.77. The van der Waals surface area contributed by atoms with Crippen molar-refractivity contribution >= 4 is 5.69 Å². The Hall–Kier alpha value is -2.10. The number of aromatic nitrogens is 1. The second kappa shape index (κ2) is 4.18. The van der Waals surface area contributed by atoms with Gasteiger partial charge in [0.1, 0.15) is 5.82 Å². The molecule has 2 aromatic rings. The van der Waals surface area contributed by atoms with Crippen LogP contribution in [0.2, 0.25) is 0 Å². The predicted molar refractivity (Wildman–Crippen MR) is 59.9 cm³/mol. The molecular weight excluding hydrogens is 207 g/mol. The smallest absolute Gasteiger partial charge is 0.219 e. The van der Waals surface area contributed by atoms with Crippen molar-refractivity contribution in [3.8, 4) is 11.6 Å². The van der Waals surface area contributed by atoms with Gasteiger partial charge in [-0.3, -0.25) is 0 Å². The summed E-state index contributed by atoms with van der Waals surface area (Å²) in [6, 6.07) is 9.40. The highest BCUT2D eigenvalue weighted by Crippen LogP contribution is 2.26. The average Bonchev–Trinajstić information content (AvgIpc) is 2.22. The molecule has 0 spiro atoms. The fourth-order valence-corrected chi connectivity index (χ4v) is 1.30. The van der Waals surface area contributed by atoms with Crippen molar-refractivity contribution in [2.45, 2.75) is 6.92 Å². The summed E-state index contributed by atoms with van der Waals surface area (Å²) >= 11 is 0. The summed E-state index contributed by atoms with van der Waals surface area (Å²) in [5.41, 5.74) is 6.71. The van der Waals surface area contributed by atoms with Crippen LogP contribution in [0.25, 0.3) is 0 Å². The van der Waals surface area contributed by atoms with Gasteiger partial charge in [-0.15, -0.1) is 0 Å². The van der Waals surface area contributed by atoms with Crippen LogP contribution < -0.4 is 10.5 Å². The van der Waals surface area contributed by atoms with Crippen molar-refractivity contribution in [1.29, 1.82) is 0 Å². The van der Waals surface area contributed by atoms with Crippen LogP contribution in [0.1, 0.15) is 5.69 Å². The fraction of sp³-hybridized carbons (Fsp3) is 0.0833. The third-order valence-corrected chi connectivity index (χ3v) is 2.05. The van der Waals surface area contributed by atoms with E-state index in [1.54, 1.807) is 6.07 Å². The number of rotatable bonds is 2. The largest absolute Gasteiger partial charge is 0.437 e.